The summed E-state index contributed by atoms with van der Waals surface area (Å²) in [4.78, 5) is 11.4. The highest BCUT2D eigenvalue weighted by atomic mass is 16.1. The molecule has 2 aliphatic carbocycles. The van der Waals surface area contributed by atoms with Gasteiger partial charge in [0.25, 0.3) is 0 Å². The summed E-state index contributed by atoms with van der Waals surface area (Å²) >= 11 is 0. The smallest absolute Gasteiger partial charge is 0.233 e. The number of rotatable bonds is 6. The molecule has 1 amide bonds. The topological polar surface area (TPSA) is 41.1 Å². The van der Waals surface area contributed by atoms with E-state index < -0.39 is 0 Å². The van der Waals surface area contributed by atoms with Gasteiger partial charge in [0.1, 0.15) is 0 Å². The number of carbonyl (C=O) groups excluding carboxylic acids is 1. The maximum absolute atomic E-state index is 11.4. The third-order valence-corrected chi connectivity index (χ3v) is 3.48. The monoisotopic (exact) mass is 210 g/mol. The quantitative estimate of drug-likeness (QED) is 0.693. The van der Waals surface area contributed by atoms with E-state index in [1.165, 1.54) is 38.5 Å². The van der Waals surface area contributed by atoms with Crippen molar-refractivity contribution in [2.75, 3.05) is 19.6 Å². The highest BCUT2D eigenvalue weighted by Gasteiger charge is 2.20. The Bertz CT molecular complexity index is 208. The second-order valence-corrected chi connectivity index (χ2v) is 5.03. The summed E-state index contributed by atoms with van der Waals surface area (Å²) in [7, 11) is 0. The molecule has 2 N–H and O–H groups in total. The zero-order chi connectivity index (χ0) is 10.5. The lowest BCUT2D eigenvalue weighted by molar-refractivity contribution is -0.120. The van der Waals surface area contributed by atoms with Gasteiger partial charge in [0, 0.05) is 6.54 Å². The summed E-state index contributed by atoms with van der Waals surface area (Å²) in [5.74, 6) is 1.77. The molecule has 86 valence electrons. The standard InChI is InChI=1S/C12H22N2O/c15-12(9-13-7-11-5-6-11)14-8-10-3-1-2-4-10/h10-11,13H,1-9H2,(H,14,15). The maximum Gasteiger partial charge on any atom is 0.233 e. The lowest BCUT2D eigenvalue weighted by atomic mass is 10.1. The fraction of sp³-hybridized carbons (Fsp3) is 0.917. The van der Waals surface area contributed by atoms with E-state index in [1.54, 1.807) is 0 Å². The lowest BCUT2D eigenvalue weighted by Gasteiger charge is -2.10. The van der Waals surface area contributed by atoms with Gasteiger partial charge in [-0.25, -0.2) is 0 Å². The van der Waals surface area contributed by atoms with Gasteiger partial charge in [0.05, 0.1) is 6.54 Å². The zero-order valence-electron chi connectivity index (χ0n) is 9.43. The SMILES string of the molecule is O=C(CNCC1CC1)NCC1CCCC1. The summed E-state index contributed by atoms with van der Waals surface area (Å²) in [6, 6.07) is 0. The molecule has 0 radical (unpaired) electrons. The number of amides is 1. The zero-order valence-corrected chi connectivity index (χ0v) is 9.43. The van der Waals surface area contributed by atoms with Crippen molar-refractivity contribution < 1.29 is 4.79 Å². The molecule has 0 heterocycles. The van der Waals surface area contributed by atoms with Gasteiger partial charge >= 0.3 is 0 Å². The van der Waals surface area contributed by atoms with E-state index in [1.807, 2.05) is 0 Å². The molecule has 3 heteroatoms. The first kappa shape index (κ1) is 10.9. The van der Waals surface area contributed by atoms with Crippen LogP contribution in [0.1, 0.15) is 38.5 Å². The molecule has 2 aliphatic rings. The Balaban J connectivity index is 1.47. The van der Waals surface area contributed by atoms with Crippen molar-refractivity contribution in [1.29, 1.82) is 0 Å². The van der Waals surface area contributed by atoms with Crippen LogP contribution in [0.2, 0.25) is 0 Å². The summed E-state index contributed by atoms with van der Waals surface area (Å²) in [6.07, 6.45) is 7.99. The largest absolute Gasteiger partial charge is 0.355 e. The van der Waals surface area contributed by atoms with Gasteiger partial charge in [-0.3, -0.25) is 4.79 Å². The van der Waals surface area contributed by atoms with Gasteiger partial charge < -0.3 is 10.6 Å². The maximum atomic E-state index is 11.4. The van der Waals surface area contributed by atoms with Crippen LogP contribution in [0, 0.1) is 11.8 Å². The van der Waals surface area contributed by atoms with Crippen LogP contribution in [-0.2, 0) is 4.79 Å². The molecule has 15 heavy (non-hydrogen) atoms. The molecular formula is C12H22N2O. The van der Waals surface area contributed by atoms with Crippen molar-refractivity contribution in [2.45, 2.75) is 38.5 Å². The molecule has 2 fully saturated rings. The van der Waals surface area contributed by atoms with Crippen LogP contribution >= 0.6 is 0 Å². The molecule has 0 bridgehead atoms. The summed E-state index contributed by atoms with van der Waals surface area (Å²) in [6.45, 7) is 2.42. The Hall–Kier alpha value is -0.570. The minimum atomic E-state index is 0.169. The third kappa shape index (κ3) is 4.20. The first-order valence-electron chi connectivity index (χ1n) is 6.32. The fourth-order valence-corrected chi connectivity index (χ4v) is 2.25. The second-order valence-electron chi connectivity index (χ2n) is 5.03. The van der Waals surface area contributed by atoms with E-state index in [4.69, 9.17) is 0 Å². The van der Waals surface area contributed by atoms with Gasteiger partial charge in [0.2, 0.25) is 5.91 Å². The Morgan fingerprint density at radius 1 is 1.00 bits per heavy atom. The van der Waals surface area contributed by atoms with E-state index in [2.05, 4.69) is 10.6 Å². The van der Waals surface area contributed by atoms with E-state index in [9.17, 15) is 4.79 Å². The van der Waals surface area contributed by atoms with Gasteiger partial charge in [-0.05, 0) is 44.1 Å². The predicted octanol–water partition coefficient (Wildman–Crippen LogP) is 1.29. The van der Waals surface area contributed by atoms with Gasteiger partial charge in [-0.1, -0.05) is 12.8 Å². The van der Waals surface area contributed by atoms with Crippen LogP contribution < -0.4 is 10.6 Å². The van der Waals surface area contributed by atoms with Crippen molar-refractivity contribution in [2.24, 2.45) is 11.8 Å². The molecule has 3 nitrogen and oxygen atoms in total. The fourth-order valence-electron chi connectivity index (χ4n) is 2.25. The molecule has 0 saturated heterocycles. The van der Waals surface area contributed by atoms with E-state index in [0.29, 0.717) is 6.54 Å². The molecule has 2 saturated carbocycles. The van der Waals surface area contributed by atoms with E-state index >= 15 is 0 Å². The van der Waals surface area contributed by atoms with Crippen molar-refractivity contribution in [3.05, 3.63) is 0 Å². The Morgan fingerprint density at radius 3 is 2.33 bits per heavy atom. The number of nitrogens with one attached hydrogen (secondary N) is 2. The minimum absolute atomic E-state index is 0.169. The predicted molar refractivity (Wildman–Crippen MR) is 60.6 cm³/mol. The highest BCUT2D eigenvalue weighted by Crippen LogP contribution is 2.27. The molecule has 0 atom stereocenters. The molecule has 0 aromatic rings. The normalized spacial score (nSPS) is 21.9. The van der Waals surface area contributed by atoms with Crippen molar-refractivity contribution in [3.63, 3.8) is 0 Å². The molecular weight excluding hydrogens is 188 g/mol. The van der Waals surface area contributed by atoms with Crippen molar-refractivity contribution in [3.8, 4) is 0 Å². The van der Waals surface area contributed by atoms with E-state index in [0.717, 1.165) is 24.9 Å². The average Bonchev–Trinajstić information content (AvgIpc) is 2.91. The molecule has 0 aromatic carbocycles. The number of hydrogen-bond acceptors (Lipinski definition) is 2. The first-order chi connectivity index (χ1) is 7.34. The lowest BCUT2D eigenvalue weighted by Crippen LogP contribution is -2.36. The molecule has 2 rings (SSSR count). The van der Waals surface area contributed by atoms with E-state index in [-0.39, 0.29) is 5.91 Å². The number of carbonyl (C=O) groups is 1. The molecule has 0 aliphatic heterocycles. The van der Waals surface area contributed by atoms with Crippen molar-refractivity contribution in [1.82, 2.24) is 10.6 Å². The molecule has 0 aromatic heterocycles. The number of hydrogen-bond donors (Lipinski definition) is 2. The highest BCUT2D eigenvalue weighted by molar-refractivity contribution is 5.77. The summed E-state index contributed by atoms with van der Waals surface area (Å²) < 4.78 is 0. The third-order valence-electron chi connectivity index (χ3n) is 3.48. The van der Waals surface area contributed by atoms with Crippen LogP contribution in [0.15, 0.2) is 0 Å². The second kappa shape index (κ2) is 5.50. The van der Waals surface area contributed by atoms with Crippen LogP contribution in [0.5, 0.6) is 0 Å². The van der Waals surface area contributed by atoms with Gasteiger partial charge in [0.15, 0.2) is 0 Å². The molecule has 0 spiro atoms. The first-order valence-corrected chi connectivity index (χ1v) is 6.32. The van der Waals surface area contributed by atoms with Crippen LogP contribution in [0.3, 0.4) is 0 Å². The van der Waals surface area contributed by atoms with Crippen LogP contribution in [0.4, 0.5) is 0 Å². The van der Waals surface area contributed by atoms with Gasteiger partial charge in [-0.2, -0.15) is 0 Å². The van der Waals surface area contributed by atoms with Crippen LogP contribution in [0.25, 0.3) is 0 Å². The summed E-state index contributed by atoms with van der Waals surface area (Å²) in [5, 5.41) is 6.23. The van der Waals surface area contributed by atoms with Gasteiger partial charge in [-0.15, -0.1) is 0 Å². The Labute approximate surface area is 92.0 Å². The van der Waals surface area contributed by atoms with Crippen molar-refractivity contribution >= 4 is 5.91 Å². The van der Waals surface area contributed by atoms with Crippen LogP contribution in [-0.4, -0.2) is 25.5 Å². The Kier molecular flexibility index (Phi) is 4.01. The minimum Gasteiger partial charge on any atom is -0.355 e. The average molecular weight is 210 g/mol. The summed E-state index contributed by atoms with van der Waals surface area (Å²) in [5.41, 5.74) is 0. The molecule has 0 unspecified atom stereocenters. The Morgan fingerprint density at radius 2 is 1.67 bits per heavy atom.